The van der Waals surface area contributed by atoms with Gasteiger partial charge in [-0.2, -0.15) is 4.98 Å². The summed E-state index contributed by atoms with van der Waals surface area (Å²) in [7, 11) is 3.33. The average molecular weight is 439 g/mol. The van der Waals surface area contributed by atoms with Crippen LogP contribution in [-0.4, -0.2) is 47.7 Å². The number of benzene rings is 2. The van der Waals surface area contributed by atoms with Gasteiger partial charge in [0.25, 0.3) is 0 Å². The van der Waals surface area contributed by atoms with Gasteiger partial charge in [-0.05, 0) is 24.3 Å². The molecule has 3 rings (SSSR count). The first kappa shape index (κ1) is 21.9. The number of nitrogens with zero attached hydrogens (tertiary/aromatic N) is 3. The normalized spacial score (nSPS) is 10.3. The van der Waals surface area contributed by atoms with Crippen LogP contribution in [0.25, 0.3) is 0 Å². The Bertz CT molecular complexity index is 1110. The summed E-state index contributed by atoms with van der Waals surface area (Å²) in [6, 6.07) is 12.2. The zero-order valence-corrected chi connectivity index (χ0v) is 17.9. The van der Waals surface area contributed by atoms with Crippen LogP contribution in [0.5, 0.6) is 5.75 Å². The summed E-state index contributed by atoms with van der Waals surface area (Å²) in [5, 5.41) is 15.4. The van der Waals surface area contributed by atoms with Crippen molar-refractivity contribution < 1.29 is 19.4 Å². The summed E-state index contributed by atoms with van der Waals surface area (Å²) >= 11 is 1.55. The first-order valence-electron chi connectivity index (χ1n) is 9.11. The number of rotatable bonds is 9. The van der Waals surface area contributed by atoms with Crippen molar-refractivity contribution >= 4 is 53.0 Å². The fourth-order valence-corrected chi connectivity index (χ4v) is 3.15. The highest BCUT2D eigenvalue weighted by atomic mass is 32.2. The Balaban J connectivity index is 1.92. The molecular weight excluding hydrogens is 418 g/mol. The largest absolute Gasteiger partial charge is 0.496 e. The molecule has 0 unspecified atom stereocenters. The second kappa shape index (κ2) is 9.81. The zero-order chi connectivity index (χ0) is 22.4. The number of hydrogen-bond donors (Lipinski definition) is 3. The molecule has 1 heterocycles. The predicted octanol–water partition coefficient (Wildman–Crippen LogP) is 4.20. The van der Waals surface area contributed by atoms with E-state index in [-0.39, 0.29) is 17.3 Å². The van der Waals surface area contributed by atoms with Gasteiger partial charge in [0.1, 0.15) is 17.1 Å². The minimum atomic E-state index is -1.09. The van der Waals surface area contributed by atoms with E-state index < -0.39 is 5.97 Å². The van der Waals surface area contributed by atoms with Gasteiger partial charge in [0.05, 0.1) is 24.0 Å². The lowest BCUT2D eigenvalue weighted by atomic mass is 10.2. The van der Waals surface area contributed by atoms with Crippen LogP contribution >= 0.6 is 11.9 Å². The zero-order valence-electron chi connectivity index (χ0n) is 17.1. The molecule has 0 fully saturated rings. The van der Waals surface area contributed by atoms with Crippen LogP contribution in [0.3, 0.4) is 0 Å². The van der Waals surface area contributed by atoms with E-state index in [0.717, 1.165) is 11.4 Å². The predicted molar refractivity (Wildman–Crippen MR) is 122 cm³/mol. The molecule has 160 valence electrons. The molecule has 9 nitrogen and oxygen atoms in total. The Morgan fingerprint density at radius 3 is 2.68 bits per heavy atom. The Labute approximate surface area is 183 Å². The van der Waals surface area contributed by atoms with E-state index in [1.54, 1.807) is 18.0 Å². The molecule has 10 heteroatoms. The summed E-state index contributed by atoms with van der Waals surface area (Å²) in [4.78, 5) is 31.4. The second-order valence-electron chi connectivity index (χ2n) is 6.28. The highest BCUT2D eigenvalue weighted by Gasteiger charge is 2.14. The molecule has 31 heavy (non-hydrogen) atoms. The maximum Gasteiger partial charge on any atom is 0.339 e. The van der Waals surface area contributed by atoms with Crippen LogP contribution in [0.1, 0.15) is 20.7 Å². The molecule has 0 bridgehead atoms. The first-order chi connectivity index (χ1) is 15.0. The van der Waals surface area contributed by atoms with Crippen molar-refractivity contribution in [1.29, 1.82) is 0 Å². The number of carboxylic acid groups (broad SMARTS) is 1. The van der Waals surface area contributed by atoms with Crippen molar-refractivity contribution in [2.75, 3.05) is 35.4 Å². The second-order valence-corrected chi connectivity index (χ2v) is 7.20. The number of ether oxygens (including phenoxy) is 1. The summed E-state index contributed by atoms with van der Waals surface area (Å²) in [5.74, 6) is -0.317. The van der Waals surface area contributed by atoms with Crippen LogP contribution in [0.15, 0.2) is 48.7 Å². The number of hydrogen-bond acceptors (Lipinski definition) is 9. The van der Waals surface area contributed by atoms with E-state index in [1.807, 2.05) is 41.9 Å². The SMILES string of the molecule is COc1cc(Nc2ncc(C=O)c(Nc3ccccc3N(C)SC)n2)ccc1C(=O)O. The molecule has 2 aromatic carbocycles. The lowest BCUT2D eigenvalue weighted by molar-refractivity contribution is 0.0693. The third-order valence-electron chi connectivity index (χ3n) is 4.40. The molecule has 3 aromatic rings. The van der Waals surface area contributed by atoms with Gasteiger partial charge < -0.3 is 24.8 Å². The quantitative estimate of drug-likeness (QED) is 0.331. The van der Waals surface area contributed by atoms with E-state index in [2.05, 4.69) is 20.6 Å². The van der Waals surface area contributed by atoms with Crippen LogP contribution in [0.2, 0.25) is 0 Å². The Morgan fingerprint density at radius 2 is 2.00 bits per heavy atom. The van der Waals surface area contributed by atoms with E-state index in [9.17, 15) is 14.7 Å². The summed E-state index contributed by atoms with van der Waals surface area (Å²) < 4.78 is 7.13. The van der Waals surface area contributed by atoms with Crippen molar-refractivity contribution in [3.8, 4) is 5.75 Å². The molecular formula is C21H21N5O4S. The molecule has 0 saturated carbocycles. The maximum absolute atomic E-state index is 11.5. The third kappa shape index (κ3) is 5.04. The molecule has 0 saturated heterocycles. The van der Waals surface area contributed by atoms with Crippen molar-refractivity contribution in [2.24, 2.45) is 0 Å². The average Bonchev–Trinajstić information content (AvgIpc) is 2.79. The molecule has 3 N–H and O–H groups in total. The highest BCUT2D eigenvalue weighted by molar-refractivity contribution is 7.99. The number of para-hydroxylation sites is 2. The monoisotopic (exact) mass is 439 g/mol. The Kier molecular flexibility index (Phi) is 6.93. The van der Waals surface area contributed by atoms with Crippen LogP contribution < -0.4 is 19.7 Å². The van der Waals surface area contributed by atoms with Crippen molar-refractivity contribution in [3.63, 3.8) is 0 Å². The third-order valence-corrected chi connectivity index (χ3v) is 5.15. The number of anilines is 5. The summed E-state index contributed by atoms with van der Waals surface area (Å²) in [6.45, 7) is 0. The lowest BCUT2D eigenvalue weighted by Crippen LogP contribution is -2.09. The van der Waals surface area contributed by atoms with Gasteiger partial charge >= 0.3 is 5.97 Å². The smallest absolute Gasteiger partial charge is 0.339 e. The summed E-state index contributed by atoms with van der Waals surface area (Å²) in [6.07, 6.45) is 4.05. The molecule has 0 aliphatic rings. The fourth-order valence-electron chi connectivity index (χ4n) is 2.79. The fraction of sp³-hybridized carbons (Fsp3) is 0.143. The van der Waals surface area contributed by atoms with Gasteiger partial charge in [-0.1, -0.05) is 24.1 Å². The number of nitrogens with one attached hydrogen (secondary N) is 2. The van der Waals surface area contributed by atoms with Gasteiger partial charge in [0.15, 0.2) is 6.29 Å². The molecule has 1 aromatic heterocycles. The molecule has 0 radical (unpaired) electrons. The van der Waals surface area contributed by atoms with Crippen molar-refractivity contribution in [1.82, 2.24) is 9.97 Å². The molecule has 0 amide bonds. The van der Waals surface area contributed by atoms with Crippen LogP contribution in [0.4, 0.5) is 28.8 Å². The van der Waals surface area contributed by atoms with Gasteiger partial charge in [-0.25, -0.2) is 9.78 Å². The van der Waals surface area contributed by atoms with Gasteiger partial charge in [0, 0.05) is 31.3 Å². The van der Waals surface area contributed by atoms with E-state index in [0.29, 0.717) is 23.4 Å². The number of aromatic nitrogens is 2. The van der Waals surface area contributed by atoms with Crippen LogP contribution in [0, 0.1) is 0 Å². The van der Waals surface area contributed by atoms with E-state index >= 15 is 0 Å². The number of carboxylic acids is 1. The van der Waals surface area contributed by atoms with Crippen LogP contribution in [-0.2, 0) is 0 Å². The van der Waals surface area contributed by atoms with Gasteiger partial charge in [0.2, 0.25) is 5.95 Å². The number of carbonyl (C=O) groups is 2. The molecule has 0 aliphatic heterocycles. The van der Waals surface area contributed by atoms with E-state index in [4.69, 9.17) is 4.74 Å². The standard InChI is InChI=1S/C21H21N5O4S/c1-26(31-3)17-7-5-4-6-16(17)24-19-13(12-27)11-22-21(25-19)23-14-8-9-15(20(28)29)18(10-14)30-2/h4-12H,1-3H3,(H,28,29)(H2,22,23,24,25). The Hall–Kier alpha value is -3.79. The molecule has 0 spiro atoms. The lowest BCUT2D eigenvalue weighted by Gasteiger charge is -2.20. The number of aromatic carboxylic acids is 1. The van der Waals surface area contributed by atoms with Gasteiger partial charge in [-0.3, -0.25) is 4.79 Å². The number of methoxy groups -OCH3 is 1. The number of aldehydes is 1. The highest BCUT2D eigenvalue weighted by Crippen LogP contribution is 2.31. The van der Waals surface area contributed by atoms with E-state index in [1.165, 1.54) is 25.4 Å². The Morgan fingerprint density at radius 1 is 1.23 bits per heavy atom. The first-order valence-corrected chi connectivity index (χ1v) is 10.3. The summed E-state index contributed by atoms with van der Waals surface area (Å²) in [5.41, 5.74) is 2.58. The minimum absolute atomic E-state index is 0.0437. The maximum atomic E-state index is 11.5. The number of carbonyl (C=O) groups excluding carboxylic acids is 1. The van der Waals surface area contributed by atoms with Gasteiger partial charge in [-0.15, -0.1) is 0 Å². The topological polar surface area (TPSA) is 117 Å². The van der Waals surface area contributed by atoms with Crippen molar-refractivity contribution in [3.05, 3.63) is 59.8 Å². The molecule has 0 aliphatic carbocycles. The van der Waals surface area contributed by atoms with Crippen molar-refractivity contribution in [2.45, 2.75) is 0 Å². The minimum Gasteiger partial charge on any atom is -0.496 e. The molecule has 0 atom stereocenters.